The molecule has 2 aromatic heterocycles. The van der Waals surface area contributed by atoms with Crippen LogP contribution in [0.15, 0.2) is 36.4 Å². The minimum absolute atomic E-state index is 0.374. The lowest BCUT2D eigenvalue weighted by Crippen LogP contribution is -2.32. The highest BCUT2D eigenvalue weighted by molar-refractivity contribution is 6.00. The number of nitrogens with zero attached hydrogens (tertiary/aromatic N) is 4. The fraction of sp³-hybridized carbons (Fsp3) is 0.125. The van der Waals surface area contributed by atoms with Crippen molar-refractivity contribution in [2.75, 3.05) is 0 Å². The molecule has 0 atom stereocenters. The van der Waals surface area contributed by atoms with Crippen LogP contribution in [-0.4, -0.2) is 15.1 Å². The summed E-state index contributed by atoms with van der Waals surface area (Å²) in [5.74, 6) is 0. The minimum Gasteiger partial charge on any atom is -0.594 e. The van der Waals surface area contributed by atoms with Crippen molar-refractivity contribution in [2.24, 2.45) is 0 Å². The third kappa shape index (κ3) is 1.71. The fourth-order valence-electron chi connectivity index (χ4n) is 2.53. The minimum atomic E-state index is 0.374. The Labute approximate surface area is 120 Å². The standard InChI is InChI=1S/C16H12N4O/c1-9-7-12-13(8-10(9)2)18-16-15(17-12)11-5-3-4-6-14(11)20(21)19-16/h3-8H,1-2H3. The molecule has 0 aliphatic rings. The smallest absolute Gasteiger partial charge is 0.254 e. The second kappa shape index (κ2) is 4.09. The molecule has 5 heteroatoms. The quantitative estimate of drug-likeness (QED) is 0.214. The monoisotopic (exact) mass is 276 g/mol. The Hall–Kier alpha value is -2.82. The summed E-state index contributed by atoms with van der Waals surface area (Å²) in [5, 5.41) is 16.7. The van der Waals surface area contributed by atoms with Gasteiger partial charge in [-0.3, -0.25) is 0 Å². The highest BCUT2D eigenvalue weighted by Gasteiger charge is 2.14. The van der Waals surface area contributed by atoms with Crippen molar-refractivity contribution in [1.82, 2.24) is 15.1 Å². The van der Waals surface area contributed by atoms with Crippen LogP contribution in [0.2, 0.25) is 0 Å². The van der Waals surface area contributed by atoms with Gasteiger partial charge in [0.05, 0.1) is 16.4 Å². The summed E-state index contributed by atoms with van der Waals surface area (Å²) >= 11 is 0. The molecule has 0 radical (unpaired) electrons. The first-order valence-corrected chi connectivity index (χ1v) is 6.71. The largest absolute Gasteiger partial charge is 0.594 e. The Morgan fingerprint density at radius 1 is 0.952 bits per heavy atom. The first-order valence-electron chi connectivity index (χ1n) is 6.71. The van der Waals surface area contributed by atoms with Gasteiger partial charge in [0.15, 0.2) is 0 Å². The van der Waals surface area contributed by atoms with E-state index in [1.165, 1.54) is 5.56 Å². The molecule has 0 saturated carbocycles. The molecular weight excluding hydrogens is 264 g/mol. The molecule has 102 valence electrons. The first kappa shape index (κ1) is 12.0. The topological polar surface area (TPSA) is 65.6 Å². The Balaban J connectivity index is 2.23. The molecule has 5 nitrogen and oxygen atoms in total. The molecule has 4 rings (SSSR count). The summed E-state index contributed by atoms with van der Waals surface area (Å²) < 4.78 is 0. The number of hydrogen-bond donors (Lipinski definition) is 0. The molecule has 0 saturated heterocycles. The summed E-state index contributed by atoms with van der Waals surface area (Å²) in [7, 11) is 0. The lowest BCUT2D eigenvalue weighted by molar-refractivity contribution is -0.640. The van der Waals surface area contributed by atoms with E-state index in [-0.39, 0.29) is 0 Å². The van der Waals surface area contributed by atoms with Crippen molar-refractivity contribution in [3.05, 3.63) is 52.7 Å². The van der Waals surface area contributed by atoms with Gasteiger partial charge in [0, 0.05) is 11.2 Å². The number of para-hydroxylation sites is 1. The summed E-state index contributed by atoms with van der Waals surface area (Å²) in [6.45, 7) is 4.08. The normalized spacial score (nSPS) is 11.5. The second-order valence-corrected chi connectivity index (χ2v) is 5.21. The number of rotatable bonds is 0. The van der Waals surface area contributed by atoms with Gasteiger partial charge in [0.1, 0.15) is 5.52 Å². The molecule has 0 N–H and O–H groups in total. The number of hydrogen-bond acceptors (Lipinski definition) is 4. The van der Waals surface area contributed by atoms with E-state index >= 15 is 0 Å². The van der Waals surface area contributed by atoms with Crippen LogP contribution < -0.4 is 4.85 Å². The highest BCUT2D eigenvalue weighted by atomic mass is 16.5. The number of fused-ring (bicyclic) bond motifs is 4. The van der Waals surface area contributed by atoms with Crippen molar-refractivity contribution in [2.45, 2.75) is 13.8 Å². The van der Waals surface area contributed by atoms with Crippen molar-refractivity contribution >= 4 is 33.1 Å². The SMILES string of the molecule is Cc1cc2nc3n[n+]([O-])c4ccccc4c3nc2cc1C. The maximum absolute atomic E-state index is 12.0. The van der Waals surface area contributed by atoms with Gasteiger partial charge in [-0.1, -0.05) is 12.1 Å². The zero-order valence-corrected chi connectivity index (χ0v) is 11.7. The zero-order chi connectivity index (χ0) is 14.6. The zero-order valence-electron chi connectivity index (χ0n) is 11.7. The third-order valence-corrected chi connectivity index (χ3v) is 3.81. The van der Waals surface area contributed by atoms with Gasteiger partial charge in [0.25, 0.3) is 5.52 Å². The van der Waals surface area contributed by atoms with E-state index in [2.05, 4.69) is 15.1 Å². The average molecular weight is 276 g/mol. The van der Waals surface area contributed by atoms with E-state index in [0.717, 1.165) is 22.0 Å². The maximum Gasteiger partial charge on any atom is 0.254 e. The molecule has 0 aliphatic heterocycles. The van der Waals surface area contributed by atoms with Gasteiger partial charge in [-0.2, -0.15) is 0 Å². The Kier molecular flexibility index (Phi) is 2.33. The van der Waals surface area contributed by atoms with Crippen LogP contribution in [0.1, 0.15) is 11.1 Å². The Morgan fingerprint density at radius 3 is 2.38 bits per heavy atom. The van der Waals surface area contributed by atoms with Gasteiger partial charge in [-0.15, -0.1) is 0 Å². The van der Waals surface area contributed by atoms with Crippen molar-refractivity contribution in [3.63, 3.8) is 0 Å². The van der Waals surface area contributed by atoms with Gasteiger partial charge >= 0.3 is 0 Å². The summed E-state index contributed by atoms with van der Waals surface area (Å²) in [4.78, 5) is 9.78. The lowest BCUT2D eigenvalue weighted by atomic mass is 10.1. The third-order valence-electron chi connectivity index (χ3n) is 3.81. The predicted molar refractivity (Wildman–Crippen MR) is 80.8 cm³/mol. The van der Waals surface area contributed by atoms with E-state index in [4.69, 9.17) is 0 Å². The van der Waals surface area contributed by atoms with Crippen LogP contribution in [0, 0.1) is 19.1 Å². The highest BCUT2D eigenvalue weighted by Crippen LogP contribution is 2.22. The molecule has 0 aliphatic carbocycles. The Morgan fingerprint density at radius 2 is 1.62 bits per heavy atom. The second-order valence-electron chi connectivity index (χ2n) is 5.21. The van der Waals surface area contributed by atoms with Gasteiger partial charge in [-0.25, -0.2) is 9.97 Å². The van der Waals surface area contributed by atoms with Crippen molar-refractivity contribution in [1.29, 1.82) is 0 Å². The van der Waals surface area contributed by atoms with E-state index in [9.17, 15) is 5.21 Å². The summed E-state index contributed by atoms with van der Waals surface area (Å²) in [6, 6.07) is 11.3. The van der Waals surface area contributed by atoms with Crippen LogP contribution in [0.25, 0.3) is 33.1 Å². The van der Waals surface area contributed by atoms with Crippen LogP contribution >= 0.6 is 0 Å². The summed E-state index contributed by atoms with van der Waals surface area (Å²) in [5.41, 5.74) is 5.43. The number of aryl methyl sites for hydroxylation is 2. The van der Waals surface area contributed by atoms with Crippen molar-refractivity contribution < 1.29 is 4.85 Å². The fourth-order valence-corrected chi connectivity index (χ4v) is 2.53. The molecule has 0 amide bonds. The van der Waals surface area contributed by atoms with E-state index < -0.39 is 0 Å². The van der Waals surface area contributed by atoms with Gasteiger partial charge in [0.2, 0.25) is 5.65 Å². The molecule has 4 aromatic rings. The van der Waals surface area contributed by atoms with Gasteiger partial charge < -0.3 is 5.21 Å². The van der Waals surface area contributed by atoms with E-state index in [1.807, 2.05) is 44.2 Å². The molecule has 0 fully saturated rings. The van der Waals surface area contributed by atoms with Crippen LogP contribution in [-0.2, 0) is 0 Å². The van der Waals surface area contributed by atoms with Crippen molar-refractivity contribution in [3.8, 4) is 0 Å². The molecule has 2 aromatic carbocycles. The summed E-state index contributed by atoms with van der Waals surface area (Å²) in [6.07, 6.45) is 0. The molecule has 0 bridgehead atoms. The average Bonchev–Trinajstić information content (AvgIpc) is 2.48. The van der Waals surface area contributed by atoms with Gasteiger partial charge in [-0.05, 0) is 48.0 Å². The maximum atomic E-state index is 12.0. The molecule has 21 heavy (non-hydrogen) atoms. The molecule has 0 unspecified atom stereocenters. The first-order chi connectivity index (χ1) is 10.1. The molecule has 0 spiro atoms. The van der Waals surface area contributed by atoms with E-state index in [0.29, 0.717) is 21.5 Å². The molecular formula is C16H12N4O. The predicted octanol–water partition coefficient (Wildman–Crippen LogP) is 2.58. The van der Waals surface area contributed by atoms with E-state index in [1.54, 1.807) is 6.07 Å². The van der Waals surface area contributed by atoms with Crippen LogP contribution in [0.4, 0.5) is 0 Å². The Bertz CT molecular complexity index is 1030. The molecule has 2 heterocycles. The number of aromatic nitrogens is 4. The van der Waals surface area contributed by atoms with Crippen LogP contribution in [0.5, 0.6) is 0 Å². The number of benzene rings is 2. The lowest BCUT2D eigenvalue weighted by Gasteiger charge is -2.06. The van der Waals surface area contributed by atoms with Crippen LogP contribution in [0.3, 0.4) is 0 Å².